The van der Waals surface area contributed by atoms with Crippen LogP contribution < -0.4 is 5.32 Å². The normalized spacial score (nSPS) is 25.8. The van der Waals surface area contributed by atoms with Gasteiger partial charge in [-0.3, -0.25) is 4.90 Å². The molecular weight excluding hydrogens is 240 g/mol. The summed E-state index contributed by atoms with van der Waals surface area (Å²) in [5, 5.41) is 5.92. The van der Waals surface area contributed by atoms with Crippen LogP contribution in [-0.4, -0.2) is 30.1 Å². The SMILES string of the molecule is CCC1CNC(C(C)C)CN1Cc1sccc1C. The summed E-state index contributed by atoms with van der Waals surface area (Å²) >= 11 is 1.90. The summed E-state index contributed by atoms with van der Waals surface area (Å²) in [6.45, 7) is 12.6. The summed E-state index contributed by atoms with van der Waals surface area (Å²) in [5.74, 6) is 0.717. The van der Waals surface area contributed by atoms with E-state index in [2.05, 4.69) is 49.4 Å². The van der Waals surface area contributed by atoms with Crippen LogP contribution in [0.25, 0.3) is 0 Å². The van der Waals surface area contributed by atoms with Crippen molar-refractivity contribution in [3.63, 3.8) is 0 Å². The van der Waals surface area contributed by atoms with Gasteiger partial charge < -0.3 is 5.32 Å². The van der Waals surface area contributed by atoms with Gasteiger partial charge in [-0.15, -0.1) is 11.3 Å². The van der Waals surface area contributed by atoms with Crippen molar-refractivity contribution in [3.8, 4) is 0 Å². The van der Waals surface area contributed by atoms with Gasteiger partial charge in [0.15, 0.2) is 0 Å². The van der Waals surface area contributed by atoms with E-state index in [0.29, 0.717) is 12.1 Å². The molecule has 2 unspecified atom stereocenters. The number of hydrogen-bond acceptors (Lipinski definition) is 3. The van der Waals surface area contributed by atoms with Crippen LogP contribution in [-0.2, 0) is 6.54 Å². The Hall–Kier alpha value is -0.380. The predicted octanol–water partition coefficient (Wildman–Crippen LogP) is 3.26. The van der Waals surface area contributed by atoms with E-state index in [1.54, 1.807) is 0 Å². The molecule has 1 aromatic rings. The van der Waals surface area contributed by atoms with E-state index in [-0.39, 0.29) is 0 Å². The smallest absolute Gasteiger partial charge is 0.0334 e. The Balaban J connectivity index is 2.04. The maximum absolute atomic E-state index is 3.71. The number of nitrogens with zero attached hydrogens (tertiary/aromatic N) is 1. The Morgan fingerprint density at radius 1 is 1.50 bits per heavy atom. The summed E-state index contributed by atoms with van der Waals surface area (Å²) in [5.41, 5.74) is 1.45. The van der Waals surface area contributed by atoms with Crippen molar-refractivity contribution in [1.82, 2.24) is 10.2 Å². The molecule has 0 bridgehead atoms. The molecule has 0 saturated carbocycles. The van der Waals surface area contributed by atoms with Crippen LogP contribution in [0.5, 0.6) is 0 Å². The van der Waals surface area contributed by atoms with Gasteiger partial charge in [0, 0.05) is 36.6 Å². The lowest BCUT2D eigenvalue weighted by Crippen LogP contribution is -2.57. The maximum atomic E-state index is 3.71. The highest BCUT2D eigenvalue weighted by molar-refractivity contribution is 7.10. The number of aryl methyl sites for hydroxylation is 1. The van der Waals surface area contributed by atoms with Crippen molar-refractivity contribution in [3.05, 3.63) is 21.9 Å². The van der Waals surface area contributed by atoms with Crippen molar-refractivity contribution in [2.45, 2.75) is 52.7 Å². The molecule has 0 radical (unpaired) electrons. The second-order valence-electron chi connectivity index (χ2n) is 5.78. The highest BCUT2D eigenvalue weighted by Gasteiger charge is 2.28. The van der Waals surface area contributed by atoms with Gasteiger partial charge in [-0.1, -0.05) is 20.8 Å². The van der Waals surface area contributed by atoms with Gasteiger partial charge in [-0.25, -0.2) is 0 Å². The Bertz CT molecular complexity index is 372. The summed E-state index contributed by atoms with van der Waals surface area (Å²) in [7, 11) is 0. The largest absolute Gasteiger partial charge is 0.311 e. The predicted molar refractivity (Wildman–Crippen MR) is 80.2 cm³/mol. The highest BCUT2D eigenvalue weighted by Crippen LogP contribution is 2.22. The van der Waals surface area contributed by atoms with Crippen molar-refractivity contribution < 1.29 is 0 Å². The fourth-order valence-electron chi connectivity index (χ4n) is 2.68. The van der Waals surface area contributed by atoms with Gasteiger partial charge in [0.1, 0.15) is 0 Å². The molecule has 0 aromatic carbocycles. The molecule has 102 valence electrons. The Morgan fingerprint density at radius 3 is 2.83 bits per heavy atom. The second-order valence-corrected chi connectivity index (χ2v) is 6.78. The van der Waals surface area contributed by atoms with Gasteiger partial charge in [0.25, 0.3) is 0 Å². The fourth-order valence-corrected chi connectivity index (χ4v) is 3.61. The zero-order chi connectivity index (χ0) is 13.1. The molecule has 18 heavy (non-hydrogen) atoms. The maximum Gasteiger partial charge on any atom is 0.0334 e. The van der Waals surface area contributed by atoms with Gasteiger partial charge in [0.2, 0.25) is 0 Å². The fraction of sp³-hybridized carbons (Fsp3) is 0.733. The van der Waals surface area contributed by atoms with Crippen LogP contribution in [0.15, 0.2) is 11.4 Å². The topological polar surface area (TPSA) is 15.3 Å². The Kier molecular flexibility index (Phi) is 4.82. The lowest BCUT2D eigenvalue weighted by atomic mass is 9.98. The molecule has 2 heterocycles. The van der Waals surface area contributed by atoms with Crippen LogP contribution in [0.2, 0.25) is 0 Å². The molecule has 2 rings (SSSR count). The summed E-state index contributed by atoms with van der Waals surface area (Å²) < 4.78 is 0. The van der Waals surface area contributed by atoms with Crippen LogP contribution in [0.3, 0.4) is 0 Å². The molecule has 2 atom stereocenters. The second kappa shape index (κ2) is 6.18. The third-order valence-corrected chi connectivity index (χ3v) is 5.16. The van der Waals surface area contributed by atoms with E-state index in [0.717, 1.165) is 19.0 Å². The molecule has 1 aromatic heterocycles. The van der Waals surface area contributed by atoms with E-state index >= 15 is 0 Å². The summed E-state index contributed by atoms with van der Waals surface area (Å²) in [6.07, 6.45) is 1.24. The molecule has 1 fully saturated rings. The third-order valence-electron chi connectivity index (χ3n) is 4.15. The van der Waals surface area contributed by atoms with Crippen molar-refractivity contribution in [1.29, 1.82) is 0 Å². The average molecular weight is 266 g/mol. The molecule has 1 aliphatic heterocycles. The van der Waals surface area contributed by atoms with Crippen molar-refractivity contribution in [2.24, 2.45) is 5.92 Å². The lowest BCUT2D eigenvalue weighted by Gasteiger charge is -2.41. The van der Waals surface area contributed by atoms with Crippen LogP contribution in [0.1, 0.15) is 37.6 Å². The minimum absolute atomic E-state index is 0.646. The van der Waals surface area contributed by atoms with Crippen LogP contribution in [0.4, 0.5) is 0 Å². The molecule has 1 N–H and O–H groups in total. The van der Waals surface area contributed by atoms with Gasteiger partial charge in [-0.05, 0) is 36.3 Å². The molecule has 2 nitrogen and oxygen atoms in total. The Labute approximate surface area is 115 Å². The monoisotopic (exact) mass is 266 g/mol. The summed E-state index contributed by atoms with van der Waals surface area (Å²) in [6, 6.07) is 3.58. The standard InChI is InChI=1S/C15H26N2S/c1-5-13-8-16-14(11(2)3)9-17(13)10-15-12(4)6-7-18-15/h6-7,11,13-14,16H,5,8-10H2,1-4H3. The van der Waals surface area contributed by atoms with E-state index < -0.39 is 0 Å². The van der Waals surface area contributed by atoms with Gasteiger partial charge >= 0.3 is 0 Å². The van der Waals surface area contributed by atoms with Crippen LogP contribution in [0, 0.1) is 12.8 Å². The van der Waals surface area contributed by atoms with E-state index in [9.17, 15) is 0 Å². The molecule has 3 heteroatoms. The molecular formula is C15H26N2S. The number of rotatable bonds is 4. The van der Waals surface area contributed by atoms with Crippen molar-refractivity contribution >= 4 is 11.3 Å². The lowest BCUT2D eigenvalue weighted by molar-refractivity contribution is 0.104. The minimum atomic E-state index is 0.646. The zero-order valence-corrected chi connectivity index (χ0v) is 12.9. The first-order valence-corrected chi connectivity index (χ1v) is 8.00. The van der Waals surface area contributed by atoms with E-state index in [4.69, 9.17) is 0 Å². The first kappa shape index (κ1) is 14.0. The third kappa shape index (κ3) is 3.14. The first-order valence-electron chi connectivity index (χ1n) is 7.12. The number of nitrogens with one attached hydrogen (secondary N) is 1. The summed E-state index contributed by atoms with van der Waals surface area (Å²) in [4.78, 5) is 4.22. The Morgan fingerprint density at radius 2 is 2.28 bits per heavy atom. The molecule has 0 aliphatic carbocycles. The quantitative estimate of drug-likeness (QED) is 0.900. The van der Waals surface area contributed by atoms with Gasteiger partial charge in [-0.2, -0.15) is 0 Å². The van der Waals surface area contributed by atoms with E-state index in [1.165, 1.54) is 23.4 Å². The minimum Gasteiger partial charge on any atom is -0.311 e. The number of thiophene rings is 1. The molecule has 1 aliphatic rings. The molecule has 1 saturated heterocycles. The van der Waals surface area contributed by atoms with E-state index in [1.807, 2.05) is 11.3 Å². The number of hydrogen-bond donors (Lipinski definition) is 1. The average Bonchev–Trinajstić information content (AvgIpc) is 2.75. The zero-order valence-electron chi connectivity index (χ0n) is 12.1. The van der Waals surface area contributed by atoms with Crippen LogP contribution >= 0.6 is 11.3 Å². The first-order chi connectivity index (χ1) is 8.61. The number of piperazine rings is 1. The molecule has 0 spiro atoms. The highest BCUT2D eigenvalue weighted by atomic mass is 32.1. The molecule has 0 amide bonds. The van der Waals surface area contributed by atoms with Crippen molar-refractivity contribution in [2.75, 3.05) is 13.1 Å². The van der Waals surface area contributed by atoms with Gasteiger partial charge in [0.05, 0.1) is 0 Å².